The molecule has 0 aromatic heterocycles. The average molecular weight is 268 g/mol. The molecule has 0 bridgehead atoms. The molecule has 0 aliphatic heterocycles. The summed E-state index contributed by atoms with van der Waals surface area (Å²) in [5, 5.41) is 12.2. The Kier molecular flexibility index (Phi) is 3.57. The van der Waals surface area contributed by atoms with Crippen molar-refractivity contribution in [2.24, 2.45) is 11.8 Å². The van der Waals surface area contributed by atoms with E-state index in [-0.39, 0.29) is 11.9 Å². The topological polar surface area (TPSA) is 66.4 Å². The van der Waals surface area contributed by atoms with E-state index in [0.717, 1.165) is 5.56 Å². The van der Waals surface area contributed by atoms with Crippen LogP contribution in [0.1, 0.15) is 24.9 Å². The van der Waals surface area contributed by atoms with Crippen molar-refractivity contribution in [1.82, 2.24) is 5.32 Å². The van der Waals surface area contributed by atoms with Gasteiger partial charge in [-0.15, -0.1) is 0 Å². The SMILES string of the molecule is C[C@H](NC(=O)[C@H]1C[C@@H]1C(=O)O)c1ccccc1Cl. The number of carboxylic acid groups (broad SMARTS) is 1. The first-order valence-corrected chi connectivity index (χ1v) is 6.16. The van der Waals surface area contributed by atoms with Gasteiger partial charge in [0.05, 0.1) is 17.9 Å². The van der Waals surface area contributed by atoms with E-state index < -0.39 is 17.8 Å². The Balaban J connectivity index is 1.97. The largest absolute Gasteiger partial charge is 0.481 e. The molecule has 5 heteroatoms. The summed E-state index contributed by atoms with van der Waals surface area (Å²) in [6, 6.07) is 7.05. The number of carbonyl (C=O) groups is 2. The summed E-state index contributed by atoms with van der Waals surface area (Å²) >= 11 is 6.03. The summed E-state index contributed by atoms with van der Waals surface area (Å²) in [7, 11) is 0. The zero-order valence-corrected chi connectivity index (χ0v) is 10.6. The van der Waals surface area contributed by atoms with Gasteiger partial charge in [0, 0.05) is 5.02 Å². The van der Waals surface area contributed by atoms with Gasteiger partial charge in [-0.3, -0.25) is 9.59 Å². The summed E-state index contributed by atoms with van der Waals surface area (Å²) < 4.78 is 0. The van der Waals surface area contributed by atoms with Crippen molar-refractivity contribution in [2.75, 3.05) is 0 Å². The zero-order valence-electron chi connectivity index (χ0n) is 9.89. The molecule has 1 aliphatic carbocycles. The number of hydrogen-bond donors (Lipinski definition) is 2. The molecule has 0 spiro atoms. The van der Waals surface area contributed by atoms with Crippen molar-refractivity contribution in [1.29, 1.82) is 0 Å². The first-order chi connectivity index (χ1) is 8.50. The Morgan fingerprint density at radius 2 is 2.06 bits per heavy atom. The first kappa shape index (κ1) is 12.9. The molecule has 1 aromatic rings. The molecule has 0 heterocycles. The minimum absolute atomic E-state index is 0.213. The maximum atomic E-state index is 11.8. The van der Waals surface area contributed by atoms with Gasteiger partial charge in [0.25, 0.3) is 0 Å². The zero-order chi connectivity index (χ0) is 13.3. The molecule has 3 atom stereocenters. The maximum absolute atomic E-state index is 11.8. The molecule has 18 heavy (non-hydrogen) atoms. The lowest BCUT2D eigenvalue weighted by atomic mass is 10.1. The van der Waals surface area contributed by atoms with Crippen LogP contribution in [0.4, 0.5) is 0 Å². The van der Waals surface area contributed by atoms with Crippen molar-refractivity contribution < 1.29 is 14.7 Å². The van der Waals surface area contributed by atoms with Crippen molar-refractivity contribution in [3.63, 3.8) is 0 Å². The van der Waals surface area contributed by atoms with E-state index in [4.69, 9.17) is 16.7 Å². The van der Waals surface area contributed by atoms with Gasteiger partial charge < -0.3 is 10.4 Å². The Labute approximate surface area is 110 Å². The molecule has 2 N–H and O–H groups in total. The molecule has 1 amide bonds. The van der Waals surface area contributed by atoms with Gasteiger partial charge in [-0.2, -0.15) is 0 Å². The molecular weight excluding hydrogens is 254 g/mol. The monoisotopic (exact) mass is 267 g/mol. The van der Waals surface area contributed by atoms with Gasteiger partial charge in [0.2, 0.25) is 5.91 Å². The van der Waals surface area contributed by atoms with E-state index in [1.54, 1.807) is 6.07 Å². The summed E-state index contributed by atoms with van der Waals surface area (Å²) in [6.45, 7) is 1.83. The van der Waals surface area contributed by atoms with Crippen LogP contribution in [0.3, 0.4) is 0 Å². The van der Waals surface area contributed by atoms with Gasteiger partial charge in [-0.25, -0.2) is 0 Å². The lowest BCUT2D eigenvalue weighted by Crippen LogP contribution is -2.29. The van der Waals surface area contributed by atoms with Gasteiger partial charge >= 0.3 is 5.97 Å². The van der Waals surface area contributed by atoms with E-state index in [9.17, 15) is 9.59 Å². The predicted molar refractivity (Wildman–Crippen MR) is 67.2 cm³/mol. The lowest BCUT2D eigenvalue weighted by molar-refractivity contribution is -0.140. The number of carbonyl (C=O) groups excluding carboxylic acids is 1. The third-order valence-corrected chi connectivity index (χ3v) is 3.52. The molecule has 1 aliphatic rings. The highest BCUT2D eigenvalue weighted by atomic mass is 35.5. The Morgan fingerprint density at radius 3 is 2.61 bits per heavy atom. The Bertz CT molecular complexity index is 489. The summed E-state index contributed by atoms with van der Waals surface area (Å²) in [6.07, 6.45) is 0.427. The molecule has 1 fully saturated rings. The van der Waals surface area contributed by atoms with Crippen molar-refractivity contribution in [3.05, 3.63) is 34.9 Å². The number of amides is 1. The molecule has 1 saturated carbocycles. The number of hydrogen-bond acceptors (Lipinski definition) is 2. The second kappa shape index (κ2) is 4.98. The predicted octanol–water partition coefficient (Wildman–Crippen LogP) is 2.24. The number of nitrogens with one attached hydrogen (secondary N) is 1. The molecule has 2 rings (SSSR count). The van der Waals surface area contributed by atoms with Crippen molar-refractivity contribution in [2.45, 2.75) is 19.4 Å². The minimum Gasteiger partial charge on any atom is -0.481 e. The molecule has 1 aromatic carbocycles. The molecule has 96 valence electrons. The highest BCUT2D eigenvalue weighted by Crippen LogP contribution is 2.39. The smallest absolute Gasteiger partial charge is 0.307 e. The molecule has 0 saturated heterocycles. The van der Waals surface area contributed by atoms with Crippen molar-refractivity contribution in [3.8, 4) is 0 Å². The van der Waals surface area contributed by atoms with Crippen LogP contribution in [-0.4, -0.2) is 17.0 Å². The average Bonchev–Trinajstić information content (AvgIpc) is 3.09. The van der Waals surface area contributed by atoms with E-state index in [1.165, 1.54) is 0 Å². The van der Waals surface area contributed by atoms with Crippen LogP contribution in [0.5, 0.6) is 0 Å². The summed E-state index contributed by atoms with van der Waals surface area (Å²) in [5.74, 6) is -2.04. The highest BCUT2D eigenvalue weighted by molar-refractivity contribution is 6.31. The quantitative estimate of drug-likeness (QED) is 0.879. The van der Waals surface area contributed by atoms with Gasteiger partial charge in [0.15, 0.2) is 0 Å². The third-order valence-electron chi connectivity index (χ3n) is 3.17. The van der Waals surface area contributed by atoms with Gasteiger partial charge in [0.1, 0.15) is 0 Å². The van der Waals surface area contributed by atoms with Gasteiger partial charge in [-0.1, -0.05) is 29.8 Å². The van der Waals surface area contributed by atoms with Crippen LogP contribution in [0.25, 0.3) is 0 Å². The standard InChI is InChI=1S/C13H14ClNO3/c1-7(8-4-2-3-5-11(8)14)15-12(16)9-6-10(9)13(17)18/h2-5,7,9-10H,6H2,1H3,(H,15,16)(H,17,18)/t7-,9-,10-/m0/s1. The number of rotatable bonds is 4. The Hall–Kier alpha value is -1.55. The van der Waals surface area contributed by atoms with Crippen LogP contribution in [-0.2, 0) is 9.59 Å². The summed E-state index contributed by atoms with van der Waals surface area (Å²) in [5.41, 5.74) is 0.833. The maximum Gasteiger partial charge on any atom is 0.307 e. The number of benzene rings is 1. The number of aliphatic carboxylic acids is 1. The fourth-order valence-corrected chi connectivity index (χ4v) is 2.28. The number of halogens is 1. The van der Waals surface area contributed by atoms with Crippen LogP contribution >= 0.6 is 11.6 Å². The van der Waals surface area contributed by atoms with Crippen molar-refractivity contribution >= 4 is 23.5 Å². The van der Waals surface area contributed by atoms with Crippen LogP contribution in [0.15, 0.2) is 24.3 Å². The number of carboxylic acids is 1. The third kappa shape index (κ3) is 2.64. The first-order valence-electron chi connectivity index (χ1n) is 5.78. The molecule has 0 radical (unpaired) electrons. The second-order valence-corrected chi connectivity index (χ2v) is 4.95. The van der Waals surface area contributed by atoms with E-state index in [2.05, 4.69) is 5.32 Å². The normalized spacial score (nSPS) is 23.2. The van der Waals surface area contributed by atoms with E-state index >= 15 is 0 Å². The van der Waals surface area contributed by atoms with Crippen LogP contribution < -0.4 is 5.32 Å². The summed E-state index contributed by atoms with van der Waals surface area (Å²) in [4.78, 5) is 22.5. The molecule has 4 nitrogen and oxygen atoms in total. The minimum atomic E-state index is -0.902. The van der Waals surface area contributed by atoms with Crippen LogP contribution in [0.2, 0.25) is 5.02 Å². The van der Waals surface area contributed by atoms with Gasteiger partial charge in [-0.05, 0) is 25.0 Å². The fourth-order valence-electron chi connectivity index (χ4n) is 1.98. The highest BCUT2D eigenvalue weighted by Gasteiger charge is 2.48. The molecule has 0 unspecified atom stereocenters. The van der Waals surface area contributed by atoms with E-state index in [0.29, 0.717) is 11.4 Å². The molecular formula is C13H14ClNO3. The van der Waals surface area contributed by atoms with Crippen LogP contribution in [0, 0.1) is 11.8 Å². The van der Waals surface area contributed by atoms with E-state index in [1.807, 2.05) is 25.1 Å². The second-order valence-electron chi connectivity index (χ2n) is 4.54. The Morgan fingerprint density at radius 1 is 1.39 bits per heavy atom. The fraction of sp³-hybridized carbons (Fsp3) is 0.385. The lowest BCUT2D eigenvalue weighted by Gasteiger charge is -2.15.